The zero-order chi connectivity index (χ0) is 23.3. The number of fused-ring (bicyclic) bond motifs is 1. The van der Waals surface area contributed by atoms with Crippen LogP contribution < -0.4 is 15.8 Å². The fourth-order valence-corrected chi connectivity index (χ4v) is 3.93. The van der Waals surface area contributed by atoms with Crippen molar-refractivity contribution in [1.82, 2.24) is 19.7 Å². The molecule has 0 aliphatic heterocycles. The number of hydrogen-bond donors (Lipinski definition) is 2. The van der Waals surface area contributed by atoms with E-state index < -0.39 is 0 Å². The maximum atomic E-state index is 6.56. The Labute approximate surface area is 198 Å². The molecule has 0 bridgehead atoms. The van der Waals surface area contributed by atoms with E-state index >= 15 is 0 Å². The normalized spacial score (nSPS) is 11.0. The minimum atomic E-state index is 0.532. The second-order valence-corrected chi connectivity index (χ2v) is 8.01. The van der Waals surface area contributed by atoms with Gasteiger partial charge in [-0.2, -0.15) is 4.98 Å². The van der Waals surface area contributed by atoms with E-state index in [2.05, 4.69) is 34.6 Å². The lowest BCUT2D eigenvalue weighted by atomic mass is 10.1. The molecule has 2 heterocycles. The monoisotopic (exact) mass is 450 g/mol. The average molecular weight is 451 g/mol. The van der Waals surface area contributed by atoms with Gasteiger partial charge in [0.05, 0.1) is 24.7 Å². The van der Waals surface area contributed by atoms with Crippen LogP contribution in [0.5, 0.6) is 5.75 Å². The van der Waals surface area contributed by atoms with E-state index in [-0.39, 0.29) is 0 Å². The van der Waals surface area contributed by atoms with E-state index in [1.807, 2.05) is 60.7 Å². The highest BCUT2D eigenvalue weighted by Gasteiger charge is 2.18. The molecule has 170 valence electrons. The molecule has 2 aromatic heterocycles. The highest BCUT2D eigenvalue weighted by Crippen LogP contribution is 2.31. The molecule has 0 unspecified atom stereocenters. The molecular formula is C27H26N6O. The number of rotatable bonds is 8. The molecule has 5 aromatic rings. The molecule has 0 spiro atoms. The molecule has 7 nitrogen and oxygen atoms in total. The smallest absolute Gasteiger partial charge is 0.225 e. The van der Waals surface area contributed by atoms with Crippen molar-refractivity contribution in [3.05, 3.63) is 96.1 Å². The zero-order valence-electron chi connectivity index (χ0n) is 19.0. The van der Waals surface area contributed by atoms with E-state index in [4.69, 9.17) is 20.6 Å². The van der Waals surface area contributed by atoms with Crippen LogP contribution in [0.25, 0.3) is 22.3 Å². The van der Waals surface area contributed by atoms with E-state index in [0.29, 0.717) is 30.5 Å². The van der Waals surface area contributed by atoms with Crippen molar-refractivity contribution in [2.75, 3.05) is 24.7 Å². The molecule has 5 rings (SSSR count). The summed E-state index contributed by atoms with van der Waals surface area (Å²) >= 11 is 0. The summed E-state index contributed by atoms with van der Waals surface area (Å²) in [6.07, 6.45) is 0.830. The van der Waals surface area contributed by atoms with Crippen molar-refractivity contribution in [3.63, 3.8) is 0 Å². The standard InChI is InChI=1S/C27H26N6O/c1-34-22-14-12-19(13-15-22)16-17-29-27-30-24(21-10-6-3-7-11-21)23-25(28)33(32-26(23)31-27)18-20-8-4-2-5-9-20/h2-15H,16-18,28H2,1H3,(H,29,31,32). The number of nitrogens with two attached hydrogens (primary N) is 1. The Balaban J connectivity index is 1.46. The van der Waals surface area contributed by atoms with Crippen molar-refractivity contribution < 1.29 is 4.74 Å². The SMILES string of the molecule is COc1ccc(CCNc2nc(-c3ccccc3)c3c(N)n(Cc4ccccc4)nc3n2)cc1. The molecular weight excluding hydrogens is 424 g/mol. The van der Waals surface area contributed by atoms with Crippen LogP contribution in [0.3, 0.4) is 0 Å². The number of hydrogen-bond acceptors (Lipinski definition) is 6. The van der Waals surface area contributed by atoms with Crippen LogP contribution in [0, 0.1) is 0 Å². The minimum absolute atomic E-state index is 0.532. The number of benzene rings is 3. The van der Waals surface area contributed by atoms with Crippen LogP contribution in [0.1, 0.15) is 11.1 Å². The second kappa shape index (κ2) is 9.62. The van der Waals surface area contributed by atoms with Gasteiger partial charge in [-0.25, -0.2) is 9.67 Å². The molecule has 0 saturated heterocycles. The van der Waals surface area contributed by atoms with Crippen molar-refractivity contribution in [3.8, 4) is 17.0 Å². The summed E-state index contributed by atoms with van der Waals surface area (Å²) < 4.78 is 7.03. The van der Waals surface area contributed by atoms with Crippen LogP contribution >= 0.6 is 0 Å². The predicted octanol–water partition coefficient (Wildman–Crippen LogP) is 4.79. The summed E-state index contributed by atoms with van der Waals surface area (Å²) in [6.45, 7) is 1.25. The first-order valence-electron chi connectivity index (χ1n) is 11.2. The second-order valence-electron chi connectivity index (χ2n) is 8.01. The van der Waals surface area contributed by atoms with Gasteiger partial charge in [-0.3, -0.25) is 0 Å². The van der Waals surface area contributed by atoms with Crippen LogP contribution in [-0.4, -0.2) is 33.4 Å². The van der Waals surface area contributed by atoms with Gasteiger partial charge in [0.1, 0.15) is 11.6 Å². The first-order chi connectivity index (χ1) is 16.7. The first kappa shape index (κ1) is 21.5. The van der Waals surface area contributed by atoms with Crippen LogP contribution in [-0.2, 0) is 13.0 Å². The molecule has 0 fully saturated rings. The summed E-state index contributed by atoms with van der Waals surface area (Å²) in [5.74, 6) is 1.94. The summed E-state index contributed by atoms with van der Waals surface area (Å²) in [5, 5.41) is 8.85. The molecule has 3 N–H and O–H groups in total. The van der Waals surface area contributed by atoms with Crippen LogP contribution in [0.2, 0.25) is 0 Å². The number of nitrogens with one attached hydrogen (secondary N) is 1. The summed E-state index contributed by atoms with van der Waals surface area (Å²) in [5.41, 5.74) is 11.2. The van der Waals surface area contributed by atoms with Gasteiger partial charge in [-0.05, 0) is 29.7 Å². The number of nitrogens with zero attached hydrogens (tertiary/aromatic N) is 4. The van der Waals surface area contributed by atoms with Crippen molar-refractivity contribution in [2.24, 2.45) is 0 Å². The third-order valence-corrected chi connectivity index (χ3v) is 5.72. The number of anilines is 2. The molecule has 0 aliphatic carbocycles. The van der Waals surface area contributed by atoms with Gasteiger partial charge in [0.2, 0.25) is 5.95 Å². The summed E-state index contributed by atoms with van der Waals surface area (Å²) in [4.78, 5) is 9.52. The fraction of sp³-hybridized carbons (Fsp3) is 0.148. The van der Waals surface area contributed by atoms with Crippen LogP contribution in [0.15, 0.2) is 84.9 Å². The first-order valence-corrected chi connectivity index (χ1v) is 11.2. The van der Waals surface area contributed by atoms with Gasteiger partial charge >= 0.3 is 0 Å². The van der Waals surface area contributed by atoms with E-state index in [1.165, 1.54) is 5.56 Å². The molecule has 0 amide bonds. The Morgan fingerprint density at radius 3 is 2.26 bits per heavy atom. The highest BCUT2D eigenvalue weighted by atomic mass is 16.5. The Bertz CT molecular complexity index is 1380. The Hall–Kier alpha value is -4.39. The highest BCUT2D eigenvalue weighted by molar-refractivity contribution is 5.98. The topological polar surface area (TPSA) is 90.9 Å². The lowest BCUT2D eigenvalue weighted by Crippen LogP contribution is -2.09. The van der Waals surface area contributed by atoms with Gasteiger partial charge in [-0.15, -0.1) is 5.10 Å². The van der Waals surface area contributed by atoms with Gasteiger partial charge in [0.25, 0.3) is 0 Å². The quantitative estimate of drug-likeness (QED) is 0.353. The van der Waals surface area contributed by atoms with Gasteiger partial charge < -0.3 is 15.8 Å². The lowest BCUT2D eigenvalue weighted by Gasteiger charge is -2.09. The van der Waals surface area contributed by atoms with E-state index in [1.54, 1.807) is 11.8 Å². The number of ether oxygens (including phenoxy) is 1. The summed E-state index contributed by atoms with van der Waals surface area (Å²) in [7, 11) is 1.67. The zero-order valence-corrected chi connectivity index (χ0v) is 19.0. The molecule has 0 aliphatic rings. The Morgan fingerprint density at radius 1 is 0.853 bits per heavy atom. The van der Waals surface area contributed by atoms with Crippen molar-refractivity contribution >= 4 is 22.8 Å². The van der Waals surface area contributed by atoms with Gasteiger partial charge in [-0.1, -0.05) is 72.8 Å². The molecule has 7 heteroatoms. The minimum Gasteiger partial charge on any atom is -0.497 e. The Morgan fingerprint density at radius 2 is 1.56 bits per heavy atom. The Kier molecular flexibility index (Phi) is 6.07. The summed E-state index contributed by atoms with van der Waals surface area (Å²) in [6, 6.07) is 28.2. The number of aromatic nitrogens is 4. The van der Waals surface area contributed by atoms with E-state index in [0.717, 1.165) is 34.4 Å². The number of nitrogen functional groups attached to an aromatic ring is 1. The largest absolute Gasteiger partial charge is 0.497 e. The maximum Gasteiger partial charge on any atom is 0.225 e. The molecule has 3 aromatic carbocycles. The van der Waals surface area contributed by atoms with Gasteiger partial charge in [0, 0.05) is 12.1 Å². The molecule has 0 saturated carbocycles. The lowest BCUT2D eigenvalue weighted by molar-refractivity contribution is 0.414. The maximum absolute atomic E-state index is 6.56. The molecule has 0 atom stereocenters. The third kappa shape index (κ3) is 4.54. The molecule has 34 heavy (non-hydrogen) atoms. The fourth-order valence-electron chi connectivity index (χ4n) is 3.93. The number of methoxy groups -OCH3 is 1. The van der Waals surface area contributed by atoms with Crippen LogP contribution in [0.4, 0.5) is 11.8 Å². The van der Waals surface area contributed by atoms with E-state index in [9.17, 15) is 0 Å². The molecule has 0 radical (unpaired) electrons. The average Bonchev–Trinajstić information content (AvgIpc) is 3.20. The van der Waals surface area contributed by atoms with Crippen molar-refractivity contribution in [2.45, 2.75) is 13.0 Å². The van der Waals surface area contributed by atoms with Gasteiger partial charge in [0.15, 0.2) is 5.65 Å². The predicted molar refractivity (Wildman–Crippen MR) is 136 cm³/mol. The third-order valence-electron chi connectivity index (χ3n) is 5.72. The van der Waals surface area contributed by atoms with Crippen molar-refractivity contribution in [1.29, 1.82) is 0 Å².